The maximum absolute atomic E-state index is 12.2. The standard InChI is InChI=1S/C21H34O6/c1-27-21(26)11-7-3-2-6-10-17-18(20(25)15-19(17)24)13-12-16(23)9-5-4-8-14-22/h2,6,12-13,16-18,20,22-23,25H,3-5,7-11,14-15H2,1H3/b6-2+,13-12+. The van der Waals surface area contributed by atoms with E-state index in [2.05, 4.69) is 4.74 Å². The van der Waals surface area contributed by atoms with Gasteiger partial charge in [-0.15, -0.1) is 0 Å². The quantitative estimate of drug-likeness (QED) is 0.257. The van der Waals surface area contributed by atoms with Crippen molar-refractivity contribution in [2.75, 3.05) is 13.7 Å². The molecule has 0 heterocycles. The van der Waals surface area contributed by atoms with E-state index in [1.54, 1.807) is 12.2 Å². The van der Waals surface area contributed by atoms with Crippen molar-refractivity contribution in [2.24, 2.45) is 11.8 Å². The fourth-order valence-electron chi connectivity index (χ4n) is 3.35. The number of carbonyl (C=O) groups is 2. The summed E-state index contributed by atoms with van der Waals surface area (Å²) in [5.74, 6) is -0.717. The molecule has 0 spiro atoms. The number of methoxy groups -OCH3 is 1. The number of rotatable bonds is 13. The molecule has 1 aliphatic rings. The zero-order valence-electron chi connectivity index (χ0n) is 16.3. The molecule has 27 heavy (non-hydrogen) atoms. The van der Waals surface area contributed by atoms with Gasteiger partial charge in [-0.3, -0.25) is 9.59 Å². The van der Waals surface area contributed by atoms with Crippen LogP contribution in [0, 0.1) is 11.8 Å². The van der Waals surface area contributed by atoms with E-state index in [4.69, 9.17) is 5.11 Å². The maximum atomic E-state index is 12.2. The number of hydrogen-bond acceptors (Lipinski definition) is 6. The Bertz CT molecular complexity index is 499. The summed E-state index contributed by atoms with van der Waals surface area (Å²) in [6.07, 6.45) is 11.6. The fraction of sp³-hybridized carbons (Fsp3) is 0.714. The van der Waals surface area contributed by atoms with Crippen molar-refractivity contribution in [3.63, 3.8) is 0 Å². The summed E-state index contributed by atoms with van der Waals surface area (Å²) in [7, 11) is 1.37. The first-order valence-corrected chi connectivity index (χ1v) is 9.89. The van der Waals surface area contributed by atoms with Crippen LogP contribution in [0.3, 0.4) is 0 Å². The van der Waals surface area contributed by atoms with Gasteiger partial charge in [0, 0.05) is 31.3 Å². The van der Waals surface area contributed by atoms with Crippen molar-refractivity contribution in [3.05, 3.63) is 24.3 Å². The van der Waals surface area contributed by atoms with Gasteiger partial charge in [0.2, 0.25) is 0 Å². The van der Waals surface area contributed by atoms with Gasteiger partial charge in [-0.1, -0.05) is 37.1 Å². The van der Waals surface area contributed by atoms with Crippen LogP contribution in [0.1, 0.15) is 57.8 Å². The van der Waals surface area contributed by atoms with Crippen molar-refractivity contribution in [1.29, 1.82) is 0 Å². The number of aliphatic hydroxyl groups excluding tert-OH is 3. The third-order valence-electron chi connectivity index (χ3n) is 4.98. The van der Waals surface area contributed by atoms with Gasteiger partial charge in [-0.2, -0.15) is 0 Å². The van der Waals surface area contributed by atoms with E-state index in [0.29, 0.717) is 25.7 Å². The van der Waals surface area contributed by atoms with E-state index in [1.165, 1.54) is 7.11 Å². The molecule has 0 radical (unpaired) electrons. The summed E-state index contributed by atoms with van der Waals surface area (Å²) in [5.41, 5.74) is 0. The highest BCUT2D eigenvalue weighted by Gasteiger charge is 2.39. The van der Waals surface area contributed by atoms with Crippen LogP contribution in [0.5, 0.6) is 0 Å². The molecule has 0 aromatic heterocycles. The van der Waals surface area contributed by atoms with Crippen molar-refractivity contribution >= 4 is 11.8 Å². The number of hydrogen-bond donors (Lipinski definition) is 3. The molecule has 0 aromatic rings. The highest BCUT2D eigenvalue weighted by atomic mass is 16.5. The number of carbonyl (C=O) groups excluding carboxylic acids is 2. The van der Waals surface area contributed by atoms with E-state index in [0.717, 1.165) is 25.7 Å². The normalized spacial score (nSPS) is 24.1. The molecule has 0 amide bonds. The molecule has 1 fully saturated rings. The molecular formula is C21H34O6. The van der Waals surface area contributed by atoms with Crippen LogP contribution in [-0.2, 0) is 14.3 Å². The molecule has 6 heteroatoms. The number of unbranched alkanes of at least 4 members (excludes halogenated alkanes) is 3. The molecule has 1 saturated carbocycles. The third kappa shape index (κ3) is 9.31. The van der Waals surface area contributed by atoms with E-state index < -0.39 is 12.2 Å². The summed E-state index contributed by atoms with van der Waals surface area (Å²) in [6, 6.07) is 0. The molecule has 0 bridgehead atoms. The van der Waals surface area contributed by atoms with Gasteiger partial charge >= 0.3 is 5.97 Å². The summed E-state index contributed by atoms with van der Waals surface area (Å²) >= 11 is 0. The number of aliphatic hydroxyl groups is 3. The monoisotopic (exact) mass is 382 g/mol. The first-order valence-electron chi connectivity index (χ1n) is 9.89. The highest BCUT2D eigenvalue weighted by molar-refractivity contribution is 5.84. The summed E-state index contributed by atoms with van der Waals surface area (Å²) in [6.45, 7) is 0.167. The summed E-state index contributed by atoms with van der Waals surface area (Å²) < 4.78 is 4.59. The van der Waals surface area contributed by atoms with E-state index in [-0.39, 0.29) is 36.6 Å². The topological polar surface area (TPSA) is 104 Å². The van der Waals surface area contributed by atoms with Crippen LogP contribution in [0.15, 0.2) is 24.3 Å². The first-order chi connectivity index (χ1) is 13.0. The minimum absolute atomic E-state index is 0.0498. The average Bonchev–Trinajstić information content (AvgIpc) is 2.92. The SMILES string of the molecule is COC(=O)CCC/C=C/CC1C(=O)CC(O)C1/C=C/C(O)CCCCCO. The Morgan fingerprint density at radius 1 is 1.26 bits per heavy atom. The van der Waals surface area contributed by atoms with Gasteiger partial charge in [0.25, 0.3) is 0 Å². The molecule has 6 nitrogen and oxygen atoms in total. The Hall–Kier alpha value is -1.50. The van der Waals surface area contributed by atoms with Crippen LogP contribution in [-0.4, -0.2) is 53.0 Å². The summed E-state index contributed by atoms with van der Waals surface area (Å²) in [4.78, 5) is 23.2. The fourth-order valence-corrected chi connectivity index (χ4v) is 3.35. The van der Waals surface area contributed by atoms with Crippen LogP contribution in [0.4, 0.5) is 0 Å². The average molecular weight is 382 g/mol. The molecule has 4 unspecified atom stereocenters. The number of ketones is 1. The number of ether oxygens (including phenoxy) is 1. The van der Waals surface area contributed by atoms with Crippen LogP contribution in [0.2, 0.25) is 0 Å². The molecule has 0 aliphatic heterocycles. The van der Waals surface area contributed by atoms with Gasteiger partial charge in [-0.05, 0) is 32.1 Å². The number of esters is 1. The largest absolute Gasteiger partial charge is 0.469 e. The molecule has 1 rings (SSSR count). The lowest BCUT2D eigenvalue weighted by Gasteiger charge is -2.16. The highest BCUT2D eigenvalue weighted by Crippen LogP contribution is 2.33. The zero-order valence-corrected chi connectivity index (χ0v) is 16.3. The number of Topliss-reactive ketones (excluding diaryl/α,β-unsaturated/α-hetero) is 1. The predicted octanol–water partition coefficient (Wildman–Crippen LogP) is 2.31. The van der Waals surface area contributed by atoms with Crippen molar-refractivity contribution in [1.82, 2.24) is 0 Å². The molecule has 1 aliphatic carbocycles. The third-order valence-corrected chi connectivity index (χ3v) is 4.98. The molecule has 0 saturated heterocycles. The van der Waals surface area contributed by atoms with Gasteiger partial charge < -0.3 is 20.1 Å². The Balaban J connectivity index is 2.43. The Morgan fingerprint density at radius 3 is 2.74 bits per heavy atom. The van der Waals surface area contributed by atoms with E-state index in [9.17, 15) is 19.8 Å². The molecule has 154 valence electrons. The molecular weight excluding hydrogens is 348 g/mol. The van der Waals surface area contributed by atoms with Gasteiger partial charge in [0.1, 0.15) is 5.78 Å². The van der Waals surface area contributed by atoms with E-state index >= 15 is 0 Å². The Morgan fingerprint density at radius 2 is 2.04 bits per heavy atom. The smallest absolute Gasteiger partial charge is 0.305 e. The predicted molar refractivity (Wildman–Crippen MR) is 103 cm³/mol. The van der Waals surface area contributed by atoms with Crippen LogP contribution >= 0.6 is 0 Å². The molecule has 4 atom stereocenters. The first kappa shape index (κ1) is 23.5. The number of allylic oxidation sites excluding steroid dienone is 2. The lowest BCUT2D eigenvalue weighted by atomic mass is 9.90. The van der Waals surface area contributed by atoms with Crippen molar-refractivity contribution < 1.29 is 29.6 Å². The second-order valence-electron chi connectivity index (χ2n) is 7.12. The minimum atomic E-state index is -0.701. The van der Waals surface area contributed by atoms with Gasteiger partial charge in [-0.25, -0.2) is 0 Å². The Labute approximate surface area is 161 Å². The lowest BCUT2D eigenvalue weighted by molar-refractivity contribution is -0.140. The van der Waals surface area contributed by atoms with Crippen molar-refractivity contribution in [3.8, 4) is 0 Å². The second-order valence-corrected chi connectivity index (χ2v) is 7.12. The van der Waals surface area contributed by atoms with Gasteiger partial charge in [0.05, 0.1) is 19.3 Å². The van der Waals surface area contributed by atoms with Crippen LogP contribution in [0.25, 0.3) is 0 Å². The van der Waals surface area contributed by atoms with Crippen molar-refractivity contribution in [2.45, 2.75) is 70.0 Å². The second kappa shape index (κ2) is 13.6. The Kier molecular flexibility index (Phi) is 11.9. The molecule has 0 aromatic carbocycles. The lowest BCUT2D eigenvalue weighted by Crippen LogP contribution is -2.18. The summed E-state index contributed by atoms with van der Waals surface area (Å²) in [5, 5.41) is 28.9. The van der Waals surface area contributed by atoms with Gasteiger partial charge in [0.15, 0.2) is 0 Å². The van der Waals surface area contributed by atoms with E-state index in [1.807, 2.05) is 12.2 Å². The zero-order chi connectivity index (χ0) is 20.1. The van der Waals surface area contributed by atoms with Crippen LogP contribution < -0.4 is 0 Å². The minimum Gasteiger partial charge on any atom is -0.469 e. The molecule has 3 N–H and O–H groups in total. The maximum Gasteiger partial charge on any atom is 0.305 e.